The fraction of sp³-hybridized carbons (Fsp3) is 0.278. The average molecular weight is 331 g/mol. The van der Waals surface area contributed by atoms with Crippen molar-refractivity contribution in [2.24, 2.45) is 0 Å². The molecule has 1 aliphatic rings. The first-order valence-electron chi connectivity index (χ1n) is 7.70. The molecule has 0 bridgehead atoms. The fourth-order valence-corrected chi connectivity index (χ4v) is 2.29. The Kier molecular flexibility index (Phi) is 4.84. The van der Waals surface area contributed by atoms with Crippen LogP contribution in [0.3, 0.4) is 0 Å². The van der Waals surface area contributed by atoms with Gasteiger partial charge < -0.3 is 19.5 Å². The Bertz CT molecular complexity index is 704. The lowest BCUT2D eigenvalue weighted by Crippen LogP contribution is -2.44. The summed E-state index contributed by atoms with van der Waals surface area (Å²) < 4.78 is 29.7. The molecule has 0 spiro atoms. The number of nitrogens with one attached hydrogen (secondary N) is 1. The van der Waals surface area contributed by atoms with E-state index in [2.05, 4.69) is 5.32 Å². The number of fused-ring (bicyclic) bond motifs is 1. The maximum absolute atomic E-state index is 12.9. The Morgan fingerprint density at radius 2 is 1.96 bits per heavy atom. The van der Waals surface area contributed by atoms with Gasteiger partial charge in [-0.2, -0.15) is 0 Å². The summed E-state index contributed by atoms with van der Waals surface area (Å²) in [6.07, 6.45) is -0.964. The van der Waals surface area contributed by atoms with Gasteiger partial charge in [-0.3, -0.25) is 4.79 Å². The van der Waals surface area contributed by atoms with E-state index in [9.17, 15) is 9.18 Å². The van der Waals surface area contributed by atoms with Crippen molar-refractivity contribution in [2.45, 2.75) is 19.1 Å². The standard InChI is InChI=1S/C18H18FNO4/c1-12(23-14-8-6-13(19)7-9-14)18(21)20-10-15-11-22-16-4-2-3-5-17(16)24-15/h2-9,12,15H,10-11H2,1H3,(H,20,21)/t12-,15+/m0/s1. The number of carbonyl (C=O) groups is 1. The summed E-state index contributed by atoms with van der Waals surface area (Å²) in [4.78, 5) is 12.1. The van der Waals surface area contributed by atoms with E-state index >= 15 is 0 Å². The van der Waals surface area contributed by atoms with E-state index in [1.165, 1.54) is 24.3 Å². The molecule has 1 aliphatic heterocycles. The minimum absolute atomic E-state index is 0.262. The lowest BCUT2D eigenvalue weighted by Gasteiger charge is -2.27. The smallest absolute Gasteiger partial charge is 0.260 e. The average Bonchev–Trinajstić information content (AvgIpc) is 2.61. The monoisotopic (exact) mass is 331 g/mol. The minimum Gasteiger partial charge on any atom is -0.486 e. The summed E-state index contributed by atoms with van der Waals surface area (Å²) in [5.41, 5.74) is 0. The minimum atomic E-state index is -0.702. The highest BCUT2D eigenvalue weighted by molar-refractivity contribution is 5.80. The van der Waals surface area contributed by atoms with Crippen LogP contribution in [0.1, 0.15) is 6.92 Å². The lowest BCUT2D eigenvalue weighted by atomic mass is 10.2. The number of halogens is 1. The molecular formula is C18H18FNO4. The number of rotatable bonds is 5. The van der Waals surface area contributed by atoms with Gasteiger partial charge in [0, 0.05) is 0 Å². The van der Waals surface area contributed by atoms with Crippen molar-refractivity contribution >= 4 is 5.91 Å². The van der Waals surface area contributed by atoms with Crippen molar-refractivity contribution in [2.75, 3.05) is 13.2 Å². The Morgan fingerprint density at radius 1 is 1.25 bits per heavy atom. The van der Waals surface area contributed by atoms with Crippen molar-refractivity contribution in [3.63, 3.8) is 0 Å². The van der Waals surface area contributed by atoms with Crippen LogP contribution >= 0.6 is 0 Å². The van der Waals surface area contributed by atoms with E-state index in [1.807, 2.05) is 24.3 Å². The highest BCUT2D eigenvalue weighted by Gasteiger charge is 2.22. The zero-order valence-electron chi connectivity index (χ0n) is 13.2. The van der Waals surface area contributed by atoms with Crippen LogP contribution < -0.4 is 19.5 Å². The quantitative estimate of drug-likeness (QED) is 0.915. The van der Waals surface area contributed by atoms with Gasteiger partial charge in [0.15, 0.2) is 17.6 Å². The maximum atomic E-state index is 12.9. The second kappa shape index (κ2) is 7.21. The van der Waals surface area contributed by atoms with Gasteiger partial charge in [-0.15, -0.1) is 0 Å². The third kappa shape index (κ3) is 3.95. The molecular weight excluding hydrogens is 313 g/mol. The molecule has 0 unspecified atom stereocenters. The van der Waals surface area contributed by atoms with E-state index in [1.54, 1.807) is 6.92 Å². The van der Waals surface area contributed by atoms with Crippen LogP contribution in [0.2, 0.25) is 0 Å². The summed E-state index contributed by atoms with van der Waals surface area (Å²) in [5, 5.41) is 2.77. The van der Waals surface area contributed by atoms with Crippen LogP contribution in [-0.2, 0) is 4.79 Å². The number of carbonyl (C=O) groups excluding carboxylic acids is 1. The van der Waals surface area contributed by atoms with E-state index in [0.717, 1.165) is 0 Å². The van der Waals surface area contributed by atoms with E-state index in [4.69, 9.17) is 14.2 Å². The van der Waals surface area contributed by atoms with E-state index < -0.39 is 6.10 Å². The fourth-order valence-electron chi connectivity index (χ4n) is 2.29. The third-order valence-electron chi connectivity index (χ3n) is 3.57. The van der Waals surface area contributed by atoms with Crippen molar-refractivity contribution in [3.8, 4) is 17.2 Å². The predicted molar refractivity (Wildman–Crippen MR) is 85.9 cm³/mol. The number of amides is 1. The predicted octanol–water partition coefficient (Wildman–Crippen LogP) is 2.55. The van der Waals surface area contributed by atoms with E-state index in [-0.39, 0.29) is 17.8 Å². The zero-order valence-corrected chi connectivity index (χ0v) is 13.2. The number of hydrogen-bond donors (Lipinski definition) is 1. The molecule has 2 atom stereocenters. The summed E-state index contributed by atoms with van der Waals surface area (Å²) in [6.45, 7) is 2.31. The van der Waals surface area contributed by atoms with Crippen LogP contribution in [0.25, 0.3) is 0 Å². The topological polar surface area (TPSA) is 56.8 Å². The molecule has 1 heterocycles. The molecule has 0 radical (unpaired) electrons. The highest BCUT2D eigenvalue weighted by Crippen LogP contribution is 2.30. The molecule has 3 rings (SSSR count). The summed E-state index contributed by atoms with van der Waals surface area (Å²) in [7, 11) is 0. The van der Waals surface area contributed by atoms with Crippen LogP contribution in [0.5, 0.6) is 17.2 Å². The molecule has 126 valence electrons. The van der Waals surface area contributed by atoms with Gasteiger partial charge in [-0.05, 0) is 43.3 Å². The van der Waals surface area contributed by atoms with Crippen LogP contribution in [0.4, 0.5) is 4.39 Å². The van der Waals surface area contributed by atoms with Gasteiger partial charge in [0.1, 0.15) is 24.3 Å². The van der Waals surface area contributed by atoms with Crippen LogP contribution in [0.15, 0.2) is 48.5 Å². The maximum Gasteiger partial charge on any atom is 0.260 e. The summed E-state index contributed by atoms with van der Waals surface area (Å²) >= 11 is 0. The normalized spacial score (nSPS) is 17.0. The molecule has 0 aromatic heterocycles. The molecule has 0 fully saturated rings. The first-order valence-corrected chi connectivity index (χ1v) is 7.70. The molecule has 2 aromatic rings. The molecule has 0 aliphatic carbocycles. The summed E-state index contributed by atoms with van der Waals surface area (Å²) in [6, 6.07) is 12.9. The first-order chi connectivity index (χ1) is 11.6. The Labute approximate surface area is 139 Å². The molecule has 0 saturated heterocycles. The number of ether oxygens (including phenoxy) is 3. The van der Waals surface area contributed by atoms with Crippen LogP contribution in [0, 0.1) is 5.82 Å². The highest BCUT2D eigenvalue weighted by atomic mass is 19.1. The van der Waals surface area contributed by atoms with E-state index in [0.29, 0.717) is 30.4 Å². The van der Waals surface area contributed by atoms with Crippen molar-refractivity contribution in [1.82, 2.24) is 5.32 Å². The largest absolute Gasteiger partial charge is 0.486 e. The van der Waals surface area contributed by atoms with Gasteiger partial charge >= 0.3 is 0 Å². The second-order valence-corrected chi connectivity index (χ2v) is 5.46. The molecule has 2 aromatic carbocycles. The molecule has 5 nitrogen and oxygen atoms in total. The second-order valence-electron chi connectivity index (χ2n) is 5.46. The number of para-hydroxylation sites is 2. The SMILES string of the molecule is C[C@H](Oc1ccc(F)cc1)C(=O)NC[C@@H]1COc2ccccc2O1. The molecule has 1 amide bonds. The van der Waals surface area contributed by atoms with Gasteiger partial charge in [0.25, 0.3) is 5.91 Å². The Hall–Kier alpha value is -2.76. The number of benzene rings is 2. The van der Waals surface area contributed by atoms with Gasteiger partial charge in [-0.25, -0.2) is 4.39 Å². The first kappa shape index (κ1) is 16.1. The van der Waals surface area contributed by atoms with Crippen molar-refractivity contribution in [1.29, 1.82) is 0 Å². The number of hydrogen-bond acceptors (Lipinski definition) is 4. The molecule has 0 saturated carbocycles. The van der Waals surface area contributed by atoms with Crippen LogP contribution in [-0.4, -0.2) is 31.3 Å². The van der Waals surface area contributed by atoms with Gasteiger partial charge in [-0.1, -0.05) is 12.1 Å². The zero-order chi connectivity index (χ0) is 16.9. The Balaban J connectivity index is 1.48. The molecule has 1 N–H and O–H groups in total. The third-order valence-corrected chi connectivity index (χ3v) is 3.57. The van der Waals surface area contributed by atoms with Crippen molar-refractivity contribution in [3.05, 3.63) is 54.3 Å². The Morgan fingerprint density at radius 3 is 2.71 bits per heavy atom. The molecule has 24 heavy (non-hydrogen) atoms. The van der Waals surface area contributed by atoms with Crippen molar-refractivity contribution < 1.29 is 23.4 Å². The van der Waals surface area contributed by atoms with Gasteiger partial charge in [0.2, 0.25) is 0 Å². The summed E-state index contributed by atoms with van der Waals surface area (Å²) in [5.74, 6) is 1.17. The van der Waals surface area contributed by atoms with Gasteiger partial charge in [0.05, 0.1) is 6.54 Å². The molecule has 6 heteroatoms. The lowest BCUT2D eigenvalue weighted by molar-refractivity contribution is -0.127.